The summed E-state index contributed by atoms with van der Waals surface area (Å²) < 4.78 is 13.5. The minimum absolute atomic E-state index is 0.252. The number of rotatable bonds is 0. The molecule has 0 amide bonds. The summed E-state index contributed by atoms with van der Waals surface area (Å²) in [4.78, 5) is 18.0. The second-order valence-corrected chi connectivity index (χ2v) is 3.79. The zero-order valence-corrected chi connectivity index (χ0v) is 8.85. The SMILES string of the molecule is Cc1nc2c(Br)cc(F)cc2c(=O)[nH]1. The molecule has 0 bridgehead atoms. The van der Waals surface area contributed by atoms with E-state index in [1.54, 1.807) is 6.92 Å². The standard InChI is InChI=1S/C9H6BrFN2O/c1-4-12-8-6(9(14)13-4)2-5(11)3-7(8)10/h2-3H,1H3,(H,12,13,14). The summed E-state index contributed by atoms with van der Waals surface area (Å²) >= 11 is 3.16. The lowest BCUT2D eigenvalue weighted by Crippen LogP contribution is -2.10. The molecule has 0 unspecified atom stereocenters. The van der Waals surface area contributed by atoms with Gasteiger partial charge < -0.3 is 4.98 Å². The smallest absolute Gasteiger partial charge is 0.258 e. The first-order valence-corrected chi connectivity index (χ1v) is 4.73. The highest BCUT2D eigenvalue weighted by Crippen LogP contribution is 2.20. The van der Waals surface area contributed by atoms with Gasteiger partial charge in [0.1, 0.15) is 11.6 Å². The van der Waals surface area contributed by atoms with Crippen molar-refractivity contribution in [3.05, 3.63) is 38.6 Å². The second-order valence-electron chi connectivity index (χ2n) is 2.94. The molecular formula is C9H6BrFN2O. The lowest BCUT2D eigenvalue weighted by Gasteiger charge is -2.00. The first-order valence-electron chi connectivity index (χ1n) is 3.93. The first-order chi connectivity index (χ1) is 6.58. The summed E-state index contributed by atoms with van der Waals surface area (Å²) in [5.41, 5.74) is 0.153. The Morgan fingerprint density at radius 2 is 2.21 bits per heavy atom. The van der Waals surface area contributed by atoms with Crippen molar-refractivity contribution in [3.8, 4) is 0 Å². The highest BCUT2D eigenvalue weighted by Gasteiger charge is 2.07. The quantitative estimate of drug-likeness (QED) is 0.785. The van der Waals surface area contributed by atoms with Gasteiger partial charge in [0.2, 0.25) is 0 Å². The number of fused-ring (bicyclic) bond motifs is 1. The average Bonchev–Trinajstić information content (AvgIpc) is 2.07. The molecule has 1 aromatic heterocycles. The molecule has 0 aliphatic rings. The fourth-order valence-corrected chi connectivity index (χ4v) is 1.80. The van der Waals surface area contributed by atoms with Gasteiger partial charge in [-0.2, -0.15) is 0 Å². The van der Waals surface area contributed by atoms with Crippen molar-refractivity contribution in [2.45, 2.75) is 6.92 Å². The first kappa shape index (κ1) is 9.33. The number of aromatic amines is 1. The Morgan fingerprint density at radius 3 is 2.93 bits per heavy atom. The third kappa shape index (κ3) is 1.43. The molecule has 0 radical (unpaired) electrons. The van der Waals surface area contributed by atoms with Crippen LogP contribution in [0.4, 0.5) is 4.39 Å². The third-order valence-corrected chi connectivity index (χ3v) is 2.45. The van der Waals surface area contributed by atoms with Gasteiger partial charge in [0, 0.05) is 4.47 Å². The predicted molar refractivity (Wildman–Crippen MR) is 54.8 cm³/mol. The van der Waals surface area contributed by atoms with E-state index in [0.29, 0.717) is 15.8 Å². The van der Waals surface area contributed by atoms with Crippen molar-refractivity contribution in [1.82, 2.24) is 9.97 Å². The number of halogens is 2. The van der Waals surface area contributed by atoms with Gasteiger partial charge >= 0.3 is 0 Å². The van der Waals surface area contributed by atoms with Crippen molar-refractivity contribution in [2.24, 2.45) is 0 Å². The summed E-state index contributed by atoms with van der Waals surface area (Å²) in [5.74, 6) is 0.0512. The van der Waals surface area contributed by atoms with E-state index < -0.39 is 5.82 Å². The number of hydrogen-bond acceptors (Lipinski definition) is 2. The molecule has 0 spiro atoms. The number of aromatic nitrogens is 2. The molecule has 0 saturated heterocycles. The van der Waals surface area contributed by atoms with Gasteiger partial charge in [-0.1, -0.05) is 0 Å². The molecule has 0 saturated carbocycles. The molecular weight excluding hydrogens is 251 g/mol. The second kappa shape index (κ2) is 3.16. The van der Waals surface area contributed by atoms with E-state index in [2.05, 4.69) is 25.9 Å². The molecule has 2 rings (SSSR count). The molecule has 72 valence electrons. The van der Waals surface area contributed by atoms with Crippen LogP contribution in [0.3, 0.4) is 0 Å². The molecule has 1 N–H and O–H groups in total. The summed E-state index contributed by atoms with van der Waals surface area (Å²) in [6.45, 7) is 1.68. The number of aryl methyl sites for hydroxylation is 1. The summed E-state index contributed by atoms with van der Waals surface area (Å²) in [5, 5.41) is 0.252. The molecule has 0 fully saturated rings. The van der Waals surface area contributed by atoms with Gasteiger partial charge in [-0.3, -0.25) is 4.79 Å². The molecule has 0 atom stereocenters. The van der Waals surface area contributed by atoms with E-state index in [-0.39, 0.29) is 10.9 Å². The monoisotopic (exact) mass is 256 g/mol. The highest BCUT2D eigenvalue weighted by molar-refractivity contribution is 9.10. The molecule has 0 aliphatic carbocycles. The van der Waals surface area contributed by atoms with Crippen molar-refractivity contribution in [3.63, 3.8) is 0 Å². The predicted octanol–water partition coefficient (Wildman–Crippen LogP) is 2.13. The fraction of sp³-hybridized carbons (Fsp3) is 0.111. The van der Waals surface area contributed by atoms with Crippen molar-refractivity contribution in [1.29, 1.82) is 0 Å². The van der Waals surface area contributed by atoms with Crippen molar-refractivity contribution in [2.75, 3.05) is 0 Å². The maximum Gasteiger partial charge on any atom is 0.258 e. The van der Waals surface area contributed by atoms with E-state index >= 15 is 0 Å². The lowest BCUT2D eigenvalue weighted by molar-refractivity contribution is 0.628. The Kier molecular flexibility index (Phi) is 2.11. The summed E-state index contributed by atoms with van der Waals surface area (Å²) in [7, 11) is 0. The van der Waals surface area contributed by atoms with Crippen molar-refractivity contribution >= 4 is 26.8 Å². The van der Waals surface area contributed by atoms with Crippen LogP contribution in [0.5, 0.6) is 0 Å². The summed E-state index contributed by atoms with van der Waals surface area (Å²) in [6, 6.07) is 2.46. The molecule has 1 aromatic carbocycles. The fourth-order valence-electron chi connectivity index (χ4n) is 1.28. The van der Waals surface area contributed by atoms with E-state index in [4.69, 9.17) is 0 Å². The Morgan fingerprint density at radius 1 is 1.50 bits per heavy atom. The van der Waals surface area contributed by atoms with Gasteiger partial charge in [-0.05, 0) is 35.0 Å². The zero-order chi connectivity index (χ0) is 10.3. The summed E-state index contributed by atoms with van der Waals surface area (Å²) in [6.07, 6.45) is 0. The van der Waals surface area contributed by atoms with Crippen LogP contribution < -0.4 is 5.56 Å². The van der Waals surface area contributed by atoms with Crippen LogP contribution in [-0.4, -0.2) is 9.97 Å². The zero-order valence-electron chi connectivity index (χ0n) is 7.27. The molecule has 1 heterocycles. The van der Waals surface area contributed by atoms with Gasteiger partial charge in [-0.15, -0.1) is 0 Å². The number of benzene rings is 1. The van der Waals surface area contributed by atoms with Crippen LogP contribution in [0.15, 0.2) is 21.4 Å². The van der Waals surface area contributed by atoms with Gasteiger partial charge in [0.05, 0.1) is 10.9 Å². The van der Waals surface area contributed by atoms with Crippen LogP contribution in [0.1, 0.15) is 5.82 Å². The molecule has 3 nitrogen and oxygen atoms in total. The Balaban J connectivity index is 3.02. The largest absolute Gasteiger partial charge is 0.310 e. The minimum Gasteiger partial charge on any atom is -0.310 e. The number of nitrogens with one attached hydrogen (secondary N) is 1. The molecule has 0 aliphatic heterocycles. The Labute approximate surface area is 87.1 Å². The van der Waals surface area contributed by atoms with E-state index in [1.807, 2.05) is 0 Å². The number of nitrogens with zero attached hydrogens (tertiary/aromatic N) is 1. The van der Waals surface area contributed by atoms with E-state index in [0.717, 1.165) is 0 Å². The van der Waals surface area contributed by atoms with Gasteiger partial charge in [0.15, 0.2) is 0 Å². The molecule has 5 heteroatoms. The van der Waals surface area contributed by atoms with Crippen LogP contribution in [-0.2, 0) is 0 Å². The van der Waals surface area contributed by atoms with Gasteiger partial charge in [0.25, 0.3) is 5.56 Å². The number of H-pyrrole nitrogens is 1. The van der Waals surface area contributed by atoms with Crippen LogP contribution in [0, 0.1) is 12.7 Å². The topological polar surface area (TPSA) is 45.8 Å². The maximum atomic E-state index is 13.0. The normalized spacial score (nSPS) is 10.8. The Hall–Kier alpha value is -1.23. The van der Waals surface area contributed by atoms with Gasteiger partial charge in [-0.25, -0.2) is 9.37 Å². The molecule has 14 heavy (non-hydrogen) atoms. The minimum atomic E-state index is -0.458. The Bertz CT molecular complexity index is 564. The third-order valence-electron chi connectivity index (χ3n) is 1.85. The van der Waals surface area contributed by atoms with E-state index in [9.17, 15) is 9.18 Å². The lowest BCUT2D eigenvalue weighted by atomic mass is 10.2. The van der Waals surface area contributed by atoms with Crippen LogP contribution >= 0.6 is 15.9 Å². The van der Waals surface area contributed by atoms with E-state index in [1.165, 1.54) is 12.1 Å². The van der Waals surface area contributed by atoms with Crippen LogP contribution in [0.25, 0.3) is 10.9 Å². The average molecular weight is 257 g/mol. The maximum absolute atomic E-state index is 13.0. The number of hydrogen-bond donors (Lipinski definition) is 1. The van der Waals surface area contributed by atoms with Crippen LogP contribution in [0.2, 0.25) is 0 Å². The molecule has 2 aromatic rings. The highest BCUT2D eigenvalue weighted by atomic mass is 79.9. The van der Waals surface area contributed by atoms with Crippen molar-refractivity contribution < 1.29 is 4.39 Å².